The molecule has 1 amide bonds. The molecule has 1 aliphatic heterocycles. The minimum absolute atomic E-state index is 0.0700. The molecule has 32 heavy (non-hydrogen) atoms. The summed E-state index contributed by atoms with van der Waals surface area (Å²) in [7, 11) is 1.67. The van der Waals surface area contributed by atoms with Gasteiger partial charge in [0, 0.05) is 31.9 Å². The van der Waals surface area contributed by atoms with Crippen molar-refractivity contribution in [2.45, 2.75) is 26.9 Å². The van der Waals surface area contributed by atoms with Crippen LogP contribution in [-0.2, 0) is 6.61 Å². The number of methoxy groups -OCH3 is 1. The summed E-state index contributed by atoms with van der Waals surface area (Å²) in [6.45, 7) is 7.42. The van der Waals surface area contributed by atoms with E-state index in [9.17, 15) is 4.79 Å². The summed E-state index contributed by atoms with van der Waals surface area (Å²) >= 11 is 0. The zero-order chi connectivity index (χ0) is 22.5. The summed E-state index contributed by atoms with van der Waals surface area (Å²) in [4.78, 5) is 17.2. The maximum Gasteiger partial charge on any atom is 0.289 e. The highest BCUT2D eigenvalue weighted by Crippen LogP contribution is 2.23. The van der Waals surface area contributed by atoms with Gasteiger partial charge in [-0.15, -0.1) is 0 Å². The first-order valence-corrected chi connectivity index (χ1v) is 11.0. The van der Waals surface area contributed by atoms with Gasteiger partial charge in [-0.05, 0) is 68.3 Å². The minimum atomic E-state index is -0.0700. The molecule has 2 heterocycles. The highest BCUT2D eigenvalue weighted by Gasteiger charge is 2.23. The molecule has 168 valence electrons. The quantitative estimate of drug-likeness (QED) is 0.556. The van der Waals surface area contributed by atoms with E-state index in [2.05, 4.69) is 30.0 Å². The van der Waals surface area contributed by atoms with E-state index in [1.54, 1.807) is 13.2 Å². The van der Waals surface area contributed by atoms with Crippen LogP contribution < -0.4 is 14.4 Å². The molecule has 4 rings (SSSR count). The lowest BCUT2D eigenvalue weighted by Gasteiger charge is -2.23. The molecule has 2 aromatic carbocycles. The predicted octanol–water partition coefficient (Wildman–Crippen LogP) is 4.84. The average molecular weight is 435 g/mol. The highest BCUT2D eigenvalue weighted by atomic mass is 16.5. The van der Waals surface area contributed by atoms with Crippen LogP contribution in [0.25, 0.3) is 0 Å². The lowest BCUT2D eigenvalue weighted by Crippen LogP contribution is -2.35. The first kappa shape index (κ1) is 21.8. The molecule has 1 saturated heterocycles. The van der Waals surface area contributed by atoms with Gasteiger partial charge in [-0.2, -0.15) is 0 Å². The molecule has 3 aromatic rings. The monoisotopic (exact) mass is 434 g/mol. The number of anilines is 1. The molecule has 0 radical (unpaired) electrons. The van der Waals surface area contributed by atoms with Crippen LogP contribution >= 0.6 is 0 Å². The topological polar surface area (TPSA) is 55.2 Å². The summed E-state index contributed by atoms with van der Waals surface area (Å²) in [5.74, 6) is 2.60. The van der Waals surface area contributed by atoms with E-state index in [1.165, 1.54) is 5.56 Å². The van der Waals surface area contributed by atoms with Crippen molar-refractivity contribution in [1.82, 2.24) is 4.90 Å². The number of hydrogen-bond donors (Lipinski definition) is 0. The van der Waals surface area contributed by atoms with Gasteiger partial charge in [0.15, 0.2) is 5.76 Å². The number of hydrogen-bond acceptors (Lipinski definition) is 5. The number of carbonyl (C=O) groups excluding carboxylic acids is 1. The molecular formula is C26H30N2O4. The number of benzene rings is 2. The maximum atomic E-state index is 13.0. The second-order valence-corrected chi connectivity index (χ2v) is 8.15. The summed E-state index contributed by atoms with van der Waals surface area (Å²) in [5, 5.41) is 0. The van der Waals surface area contributed by atoms with Gasteiger partial charge in [0.2, 0.25) is 0 Å². The third-order valence-electron chi connectivity index (χ3n) is 5.79. The Labute approximate surface area is 189 Å². The molecular weight excluding hydrogens is 404 g/mol. The van der Waals surface area contributed by atoms with E-state index in [1.807, 2.05) is 42.2 Å². The third kappa shape index (κ3) is 5.07. The van der Waals surface area contributed by atoms with Gasteiger partial charge >= 0.3 is 0 Å². The number of furan rings is 1. The SMILES string of the molecule is COc1ccc(N2CCCN(C(=O)c3ccc(COc4ccc(C)cc4C)o3)CC2)cc1. The Balaban J connectivity index is 1.34. The second-order valence-electron chi connectivity index (χ2n) is 8.15. The lowest BCUT2D eigenvalue weighted by molar-refractivity contribution is 0.0731. The van der Waals surface area contributed by atoms with E-state index in [4.69, 9.17) is 13.9 Å². The van der Waals surface area contributed by atoms with Gasteiger partial charge in [0.25, 0.3) is 5.91 Å². The summed E-state index contributed by atoms with van der Waals surface area (Å²) in [6.07, 6.45) is 0.904. The molecule has 0 saturated carbocycles. The van der Waals surface area contributed by atoms with Gasteiger partial charge in [-0.3, -0.25) is 4.79 Å². The number of rotatable bonds is 6. The van der Waals surface area contributed by atoms with Gasteiger partial charge < -0.3 is 23.7 Å². The van der Waals surface area contributed by atoms with E-state index >= 15 is 0 Å². The number of ether oxygens (including phenoxy) is 2. The molecule has 6 nitrogen and oxygen atoms in total. The number of nitrogens with zero attached hydrogens (tertiary/aromatic N) is 2. The van der Waals surface area contributed by atoms with Gasteiger partial charge in [0.1, 0.15) is 23.9 Å². The molecule has 1 fully saturated rings. The maximum absolute atomic E-state index is 13.0. The van der Waals surface area contributed by atoms with Crippen molar-refractivity contribution in [3.05, 3.63) is 77.2 Å². The van der Waals surface area contributed by atoms with Crippen LogP contribution in [0.3, 0.4) is 0 Å². The lowest BCUT2D eigenvalue weighted by atomic mass is 10.1. The largest absolute Gasteiger partial charge is 0.497 e. The fourth-order valence-corrected chi connectivity index (χ4v) is 4.01. The third-order valence-corrected chi connectivity index (χ3v) is 5.79. The van der Waals surface area contributed by atoms with Gasteiger partial charge in [0.05, 0.1) is 7.11 Å². The van der Waals surface area contributed by atoms with Gasteiger partial charge in [-0.25, -0.2) is 0 Å². The van der Waals surface area contributed by atoms with Crippen LogP contribution in [-0.4, -0.2) is 44.1 Å². The normalized spacial score (nSPS) is 14.2. The molecule has 0 N–H and O–H groups in total. The van der Waals surface area contributed by atoms with Crippen molar-refractivity contribution in [2.75, 3.05) is 38.2 Å². The molecule has 0 aliphatic carbocycles. The van der Waals surface area contributed by atoms with E-state index in [-0.39, 0.29) is 5.91 Å². The highest BCUT2D eigenvalue weighted by molar-refractivity contribution is 5.91. The van der Waals surface area contributed by atoms with Crippen LogP contribution in [0, 0.1) is 13.8 Å². The Kier molecular flexibility index (Phi) is 6.69. The average Bonchev–Trinajstić information content (AvgIpc) is 3.14. The van der Waals surface area contributed by atoms with E-state index in [0.717, 1.165) is 42.3 Å². The number of amides is 1. The zero-order valence-corrected chi connectivity index (χ0v) is 19.0. The Hall–Kier alpha value is -3.41. The Morgan fingerprint density at radius 1 is 0.969 bits per heavy atom. The van der Waals surface area contributed by atoms with Crippen LogP contribution in [0.15, 0.2) is 59.0 Å². The molecule has 0 bridgehead atoms. The Morgan fingerprint density at radius 3 is 2.53 bits per heavy atom. The molecule has 6 heteroatoms. The van der Waals surface area contributed by atoms with Crippen LogP contribution in [0.2, 0.25) is 0 Å². The molecule has 1 aliphatic rings. The number of carbonyl (C=O) groups is 1. The zero-order valence-electron chi connectivity index (χ0n) is 19.0. The fourth-order valence-electron chi connectivity index (χ4n) is 4.01. The Morgan fingerprint density at radius 2 is 1.78 bits per heavy atom. The van der Waals surface area contributed by atoms with Crippen LogP contribution in [0.4, 0.5) is 5.69 Å². The number of aryl methyl sites for hydroxylation is 2. The standard InChI is InChI=1S/C26H30N2O4/c1-19-5-11-24(20(2)17-19)31-18-23-10-12-25(32-23)26(29)28-14-4-13-27(15-16-28)21-6-8-22(30-3)9-7-21/h5-12,17H,4,13-16,18H2,1-3H3. The fraction of sp³-hybridized carbons (Fsp3) is 0.346. The molecule has 0 atom stereocenters. The summed E-state index contributed by atoms with van der Waals surface area (Å²) in [6, 6.07) is 17.7. The van der Waals surface area contributed by atoms with Crippen molar-refractivity contribution < 1.29 is 18.7 Å². The first-order chi connectivity index (χ1) is 15.5. The smallest absolute Gasteiger partial charge is 0.289 e. The molecule has 0 unspecified atom stereocenters. The van der Waals surface area contributed by atoms with Crippen LogP contribution in [0.1, 0.15) is 33.9 Å². The Bertz CT molecular complexity index is 1060. The molecule has 1 aromatic heterocycles. The van der Waals surface area contributed by atoms with Crippen molar-refractivity contribution in [1.29, 1.82) is 0 Å². The van der Waals surface area contributed by atoms with Crippen molar-refractivity contribution in [2.24, 2.45) is 0 Å². The van der Waals surface area contributed by atoms with Crippen LogP contribution in [0.5, 0.6) is 11.5 Å². The second kappa shape index (κ2) is 9.81. The van der Waals surface area contributed by atoms with E-state index < -0.39 is 0 Å². The van der Waals surface area contributed by atoms with Crippen molar-refractivity contribution in [3.8, 4) is 11.5 Å². The van der Waals surface area contributed by atoms with Gasteiger partial charge in [-0.1, -0.05) is 17.7 Å². The first-order valence-electron chi connectivity index (χ1n) is 11.0. The minimum Gasteiger partial charge on any atom is -0.497 e. The molecule has 0 spiro atoms. The summed E-state index contributed by atoms with van der Waals surface area (Å²) < 4.78 is 16.9. The van der Waals surface area contributed by atoms with E-state index in [0.29, 0.717) is 31.2 Å². The van der Waals surface area contributed by atoms with Crippen molar-refractivity contribution >= 4 is 11.6 Å². The predicted molar refractivity (Wildman–Crippen MR) is 125 cm³/mol. The summed E-state index contributed by atoms with van der Waals surface area (Å²) in [5.41, 5.74) is 3.42. The van der Waals surface area contributed by atoms with Crippen molar-refractivity contribution in [3.63, 3.8) is 0 Å².